The van der Waals surface area contributed by atoms with Crippen molar-refractivity contribution in [3.8, 4) is 17.2 Å². The van der Waals surface area contributed by atoms with Crippen LogP contribution in [0.3, 0.4) is 0 Å². The molecular weight excluding hydrogens is 391 g/mol. The van der Waals surface area contributed by atoms with Crippen LogP contribution in [0.1, 0.15) is 12.5 Å². The van der Waals surface area contributed by atoms with E-state index in [1.165, 1.54) is 22.6 Å². The lowest BCUT2D eigenvalue weighted by Gasteiger charge is -2.14. The maximum atomic E-state index is 14.7. The van der Waals surface area contributed by atoms with Crippen molar-refractivity contribution in [2.24, 2.45) is 0 Å². The van der Waals surface area contributed by atoms with Gasteiger partial charge in [-0.05, 0) is 18.2 Å². The van der Waals surface area contributed by atoms with Gasteiger partial charge in [0.05, 0.1) is 30.5 Å². The molecule has 0 radical (unpaired) electrons. The van der Waals surface area contributed by atoms with Crippen molar-refractivity contribution in [3.05, 3.63) is 42.0 Å². The summed E-state index contributed by atoms with van der Waals surface area (Å²) in [6.45, 7) is 8.27. The Labute approximate surface area is 169 Å². The largest absolute Gasteiger partial charge is 0.442 e. The molecular formula is C20H23FN4O3Si. The third-order valence-corrected chi connectivity index (χ3v) is 4.98. The Morgan fingerprint density at radius 2 is 2.17 bits per heavy atom. The number of nitrogens with one attached hydrogen (secondary N) is 1. The summed E-state index contributed by atoms with van der Waals surface area (Å²) in [5, 5.41) is 6.79. The van der Waals surface area contributed by atoms with Crippen LogP contribution < -0.4 is 10.2 Å². The normalized spacial score (nSPS) is 16.2. The molecule has 29 heavy (non-hydrogen) atoms. The summed E-state index contributed by atoms with van der Waals surface area (Å²) >= 11 is 0. The fourth-order valence-corrected chi connectivity index (χ4v) is 3.24. The van der Waals surface area contributed by atoms with E-state index in [1.54, 1.807) is 24.5 Å². The highest BCUT2D eigenvalue weighted by Crippen LogP contribution is 2.25. The SMILES string of the molecule is CC(=O)NC[C@H]1CN(c2ccc(-n3cc(C#C[Si](C)(C)C)cn3)c(F)c2)C(=O)O1. The van der Waals surface area contributed by atoms with E-state index in [0.717, 1.165) is 5.56 Å². The first-order chi connectivity index (χ1) is 13.6. The predicted molar refractivity (Wildman–Crippen MR) is 110 cm³/mol. The van der Waals surface area contributed by atoms with E-state index < -0.39 is 26.1 Å². The average Bonchev–Trinajstić information content (AvgIpc) is 3.24. The van der Waals surface area contributed by atoms with Crippen molar-refractivity contribution >= 4 is 25.8 Å². The molecule has 1 aliphatic heterocycles. The van der Waals surface area contributed by atoms with Gasteiger partial charge in [-0.3, -0.25) is 9.69 Å². The van der Waals surface area contributed by atoms with E-state index in [2.05, 4.69) is 41.5 Å². The van der Waals surface area contributed by atoms with Crippen molar-refractivity contribution in [1.82, 2.24) is 15.1 Å². The molecule has 2 amide bonds. The highest BCUT2D eigenvalue weighted by atomic mass is 28.3. The summed E-state index contributed by atoms with van der Waals surface area (Å²) in [7, 11) is -1.51. The molecule has 2 aromatic rings. The van der Waals surface area contributed by atoms with Gasteiger partial charge >= 0.3 is 6.09 Å². The zero-order valence-corrected chi connectivity index (χ0v) is 17.8. The van der Waals surface area contributed by atoms with Crippen LogP contribution in [-0.2, 0) is 9.53 Å². The van der Waals surface area contributed by atoms with Gasteiger partial charge in [-0.15, -0.1) is 5.54 Å². The Hall–Kier alpha value is -3.12. The highest BCUT2D eigenvalue weighted by molar-refractivity contribution is 6.83. The second-order valence-corrected chi connectivity index (χ2v) is 12.6. The Morgan fingerprint density at radius 3 is 2.83 bits per heavy atom. The van der Waals surface area contributed by atoms with Crippen LogP contribution in [0, 0.1) is 17.3 Å². The molecule has 1 N–H and O–H groups in total. The molecule has 7 nitrogen and oxygen atoms in total. The second kappa shape index (κ2) is 8.09. The van der Waals surface area contributed by atoms with Crippen LogP contribution in [-0.4, -0.2) is 49.0 Å². The third kappa shape index (κ3) is 5.23. The maximum absolute atomic E-state index is 14.7. The van der Waals surface area contributed by atoms with E-state index in [-0.39, 0.29) is 24.7 Å². The number of hydrogen-bond donors (Lipinski definition) is 1. The molecule has 1 aromatic carbocycles. The summed E-state index contributed by atoms with van der Waals surface area (Å²) in [5.41, 5.74) is 4.61. The molecule has 0 spiro atoms. The lowest BCUT2D eigenvalue weighted by Crippen LogP contribution is -2.33. The minimum absolute atomic E-state index is 0.206. The first-order valence-corrected chi connectivity index (χ1v) is 12.7. The maximum Gasteiger partial charge on any atom is 0.414 e. The van der Waals surface area contributed by atoms with Gasteiger partial charge in [-0.2, -0.15) is 5.10 Å². The molecule has 1 fully saturated rings. The standard InChI is InChI=1S/C20H23FN4O3Si/c1-14(26)22-11-17-13-24(20(27)28-17)16-5-6-19(18(21)9-16)25-12-15(10-23-25)7-8-29(2,3)4/h5-6,9-10,12,17H,11,13H2,1-4H3,(H,22,26)/t17-/m0/s1. The zero-order valence-electron chi connectivity index (χ0n) is 16.8. The minimum Gasteiger partial charge on any atom is -0.442 e. The number of benzene rings is 1. The van der Waals surface area contributed by atoms with Gasteiger partial charge in [0.25, 0.3) is 0 Å². The molecule has 1 atom stereocenters. The number of carbonyl (C=O) groups excluding carboxylic acids is 2. The average molecular weight is 415 g/mol. The molecule has 0 unspecified atom stereocenters. The molecule has 3 rings (SSSR count). The zero-order chi connectivity index (χ0) is 21.2. The van der Waals surface area contributed by atoms with Gasteiger partial charge in [0.1, 0.15) is 19.9 Å². The fourth-order valence-electron chi connectivity index (χ4n) is 2.72. The summed E-state index contributed by atoms with van der Waals surface area (Å²) in [4.78, 5) is 24.4. The smallest absolute Gasteiger partial charge is 0.414 e. The quantitative estimate of drug-likeness (QED) is 0.617. The minimum atomic E-state index is -1.51. The molecule has 1 aromatic heterocycles. The van der Waals surface area contributed by atoms with Crippen molar-refractivity contribution < 1.29 is 18.7 Å². The third-order valence-electron chi connectivity index (χ3n) is 4.11. The lowest BCUT2D eigenvalue weighted by atomic mass is 10.2. The number of rotatable bonds is 4. The van der Waals surface area contributed by atoms with Gasteiger partial charge in [0.15, 0.2) is 5.82 Å². The lowest BCUT2D eigenvalue weighted by molar-refractivity contribution is -0.119. The van der Waals surface area contributed by atoms with Gasteiger partial charge in [0.2, 0.25) is 5.91 Å². The van der Waals surface area contributed by atoms with Crippen molar-refractivity contribution in [1.29, 1.82) is 0 Å². The number of amides is 2. The van der Waals surface area contributed by atoms with Gasteiger partial charge < -0.3 is 10.1 Å². The summed E-state index contributed by atoms with van der Waals surface area (Å²) < 4.78 is 21.4. The first-order valence-electron chi connectivity index (χ1n) is 9.23. The van der Waals surface area contributed by atoms with Gasteiger partial charge in [-0.25, -0.2) is 13.9 Å². The number of ether oxygens (including phenoxy) is 1. The number of anilines is 1. The molecule has 2 heterocycles. The van der Waals surface area contributed by atoms with Crippen LogP contribution in [0.5, 0.6) is 0 Å². The van der Waals surface area contributed by atoms with Crippen molar-refractivity contribution in [2.75, 3.05) is 18.0 Å². The number of nitrogens with zero attached hydrogens (tertiary/aromatic N) is 3. The number of carbonyl (C=O) groups is 2. The van der Waals surface area contributed by atoms with Gasteiger partial charge in [0, 0.05) is 13.1 Å². The molecule has 1 saturated heterocycles. The first kappa shape index (κ1) is 20.6. The molecule has 152 valence electrons. The van der Waals surface area contributed by atoms with E-state index in [4.69, 9.17) is 4.74 Å². The number of halogens is 1. The van der Waals surface area contributed by atoms with Crippen LogP contribution >= 0.6 is 0 Å². The van der Waals surface area contributed by atoms with Gasteiger partial charge in [-0.1, -0.05) is 25.6 Å². The monoisotopic (exact) mass is 414 g/mol. The van der Waals surface area contributed by atoms with Crippen molar-refractivity contribution in [3.63, 3.8) is 0 Å². The van der Waals surface area contributed by atoms with Crippen LogP contribution in [0.4, 0.5) is 14.9 Å². The Bertz CT molecular complexity index is 1000. The Morgan fingerprint density at radius 1 is 1.41 bits per heavy atom. The molecule has 0 bridgehead atoms. The molecule has 9 heteroatoms. The van der Waals surface area contributed by atoms with Crippen molar-refractivity contribution in [2.45, 2.75) is 32.7 Å². The van der Waals surface area contributed by atoms with E-state index in [1.807, 2.05) is 0 Å². The number of aromatic nitrogens is 2. The highest BCUT2D eigenvalue weighted by Gasteiger charge is 2.32. The summed E-state index contributed by atoms with van der Waals surface area (Å²) in [5.74, 6) is 2.36. The van der Waals surface area contributed by atoms with Crippen LogP contribution in [0.25, 0.3) is 5.69 Å². The molecule has 0 saturated carbocycles. The topological polar surface area (TPSA) is 76.5 Å². The predicted octanol–water partition coefficient (Wildman–Crippen LogP) is 2.70. The fraction of sp³-hybridized carbons (Fsp3) is 0.350. The summed E-state index contributed by atoms with van der Waals surface area (Å²) in [6.07, 6.45) is 2.23. The molecule has 1 aliphatic rings. The number of hydrogen-bond acceptors (Lipinski definition) is 4. The Kier molecular flexibility index (Phi) is 5.75. The summed E-state index contributed by atoms with van der Waals surface area (Å²) in [6, 6.07) is 4.46. The van der Waals surface area contributed by atoms with E-state index in [9.17, 15) is 14.0 Å². The van der Waals surface area contributed by atoms with E-state index >= 15 is 0 Å². The molecule has 0 aliphatic carbocycles. The number of cyclic esters (lactones) is 1. The second-order valence-electron chi connectivity index (χ2n) is 7.86. The van der Waals surface area contributed by atoms with E-state index in [0.29, 0.717) is 5.69 Å². The van der Waals surface area contributed by atoms with Crippen LogP contribution in [0.15, 0.2) is 30.6 Å². The van der Waals surface area contributed by atoms with Crippen LogP contribution in [0.2, 0.25) is 19.6 Å². The Balaban J connectivity index is 1.76.